The van der Waals surface area contributed by atoms with Crippen molar-refractivity contribution in [3.05, 3.63) is 30.3 Å². The fourth-order valence-corrected chi connectivity index (χ4v) is 3.54. The molecule has 20 heavy (non-hydrogen) atoms. The third-order valence-corrected chi connectivity index (χ3v) is 5.22. The molecule has 3 nitrogen and oxygen atoms in total. The highest BCUT2D eigenvalue weighted by molar-refractivity contribution is 8.00. The van der Waals surface area contributed by atoms with Crippen molar-refractivity contribution in [1.29, 1.82) is 0 Å². The molecule has 1 aromatic carbocycles. The van der Waals surface area contributed by atoms with Gasteiger partial charge >= 0.3 is 0 Å². The van der Waals surface area contributed by atoms with Crippen LogP contribution in [0.5, 0.6) is 0 Å². The van der Waals surface area contributed by atoms with Crippen LogP contribution in [0, 0.1) is 0 Å². The molecule has 0 aromatic heterocycles. The lowest BCUT2D eigenvalue weighted by molar-refractivity contribution is -0.119. The van der Waals surface area contributed by atoms with Gasteiger partial charge in [-0.1, -0.05) is 31.0 Å². The lowest BCUT2D eigenvalue weighted by Crippen LogP contribution is -2.51. The highest BCUT2D eigenvalue weighted by Gasteiger charge is 2.35. The first kappa shape index (κ1) is 15.4. The van der Waals surface area contributed by atoms with Crippen LogP contribution in [0.3, 0.4) is 0 Å². The van der Waals surface area contributed by atoms with Gasteiger partial charge < -0.3 is 10.2 Å². The average Bonchev–Trinajstić information content (AvgIpc) is 2.94. The number of thioether (sulfide) groups is 1. The van der Waals surface area contributed by atoms with Crippen LogP contribution in [-0.2, 0) is 4.79 Å². The number of amides is 1. The van der Waals surface area contributed by atoms with Gasteiger partial charge in [0.2, 0.25) is 5.91 Å². The van der Waals surface area contributed by atoms with Crippen molar-refractivity contribution < 1.29 is 4.79 Å². The summed E-state index contributed by atoms with van der Waals surface area (Å²) in [6.07, 6.45) is 4.91. The summed E-state index contributed by atoms with van der Waals surface area (Å²) in [5, 5.41) is 3.12. The number of likely N-dealkylation sites (N-methyl/N-ethyl adjacent to an activating group) is 1. The summed E-state index contributed by atoms with van der Waals surface area (Å²) in [5.74, 6) is 0.625. The molecule has 2 rings (SSSR count). The number of carbonyl (C=O) groups is 1. The highest BCUT2D eigenvalue weighted by atomic mass is 32.2. The maximum absolute atomic E-state index is 12.0. The maximum atomic E-state index is 12.0. The molecule has 0 unspecified atom stereocenters. The van der Waals surface area contributed by atoms with Gasteiger partial charge in [0.1, 0.15) is 0 Å². The predicted molar refractivity (Wildman–Crippen MR) is 85.1 cm³/mol. The van der Waals surface area contributed by atoms with Crippen molar-refractivity contribution in [2.45, 2.75) is 36.1 Å². The summed E-state index contributed by atoms with van der Waals surface area (Å²) in [6.45, 7) is 0.772. The monoisotopic (exact) mass is 292 g/mol. The van der Waals surface area contributed by atoms with E-state index in [-0.39, 0.29) is 11.4 Å². The molecule has 1 amide bonds. The van der Waals surface area contributed by atoms with Crippen molar-refractivity contribution >= 4 is 17.7 Å². The second-order valence-corrected chi connectivity index (χ2v) is 6.75. The molecule has 1 aliphatic carbocycles. The van der Waals surface area contributed by atoms with Crippen molar-refractivity contribution in [2.75, 3.05) is 26.4 Å². The minimum Gasteiger partial charge on any atom is -0.354 e. The second kappa shape index (κ2) is 7.14. The number of nitrogens with one attached hydrogen (secondary N) is 1. The molecule has 0 spiro atoms. The standard InChI is InChI=1S/C16H24N2OS/c1-18(2)16(10-6-7-11-16)13-17-15(19)12-20-14-8-4-3-5-9-14/h3-5,8-9H,6-7,10-13H2,1-2H3,(H,17,19). The first-order chi connectivity index (χ1) is 9.62. The first-order valence-corrected chi connectivity index (χ1v) is 8.23. The van der Waals surface area contributed by atoms with E-state index in [2.05, 4.69) is 24.3 Å². The van der Waals surface area contributed by atoms with Crippen LogP contribution < -0.4 is 5.32 Å². The van der Waals surface area contributed by atoms with Gasteiger partial charge in [0.15, 0.2) is 0 Å². The van der Waals surface area contributed by atoms with Gasteiger partial charge in [-0.25, -0.2) is 0 Å². The fourth-order valence-electron chi connectivity index (χ4n) is 2.79. The van der Waals surface area contributed by atoms with E-state index in [1.54, 1.807) is 11.8 Å². The molecule has 1 N–H and O–H groups in total. The lowest BCUT2D eigenvalue weighted by Gasteiger charge is -2.36. The van der Waals surface area contributed by atoms with Crippen molar-refractivity contribution in [1.82, 2.24) is 10.2 Å². The third-order valence-electron chi connectivity index (χ3n) is 4.21. The van der Waals surface area contributed by atoms with Crippen LogP contribution in [0.2, 0.25) is 0 Å². The van der Waals surface area contributed by atoms with E-state index >= 15 is 0 Å². The molecule has 4 heteroatoms. The quantitative estimate of drug-likeness (QED) is 0.818. The smallest absolute Gasteiger partial charge is 0.230 e. The molecule has 0 saturated heterocycles. The number of nitrogens with zero attached hydrogens (tertiary/aromatic N) is 1. The molecule has 0 bridgehead atoms. The molecule has 0 aliphatic heterocycles. The van der Waals surface area contributed by atoms with Gasteiger partial charge in [0.05, 0.1) is 5.75 Å². The Bertz CT molecular complexity index is 427. The molecule has 1 aromatic rings. The molecule has 110 valence electrons. The third kappa shape index (κ3) is 4.00. The van der Waals surface area contributed by atoms with Crippen molar-refractivity contribution in [3.63, 3.8) is 0 Å². The van der Waals surface area contributed by atoms with E-state index in [0.717, 1.165) is 11.4 Å². The molecule has 0 heterocycles. The SMILES string of the molecule is CN(C)C1(CNC(=O)CSc2ccccc2)CCCC1. The van der Waals surface area contributed by atoms with Crippen LogP contribution >= 0.6 is 11.8 Å². The molecule has 1 fully saturated rings. The largest absolute Gasteiger partial charge is 0.354 e. The van der Waals surface area contributed by atoms with Gasteiger partial charge in [-0.15, -0.1) is 11.8 Å². The summed E-state index contributed by atoms with van der Waals surface area (Å²) in [6, 6.07) is 10.1. The van der Waals surface area contributed by atoms with Gasteiger partial charge in [-0.3, -0.25) is 4.79 Å². The van der Waals surface area contributed by atoms with Gasteiger partial charge in [-0.05, 0) is 39.1 Å². The molecule has 1 aliphatic rings. The summed E-state index contributed by atoms with van der Waals surface area (Å²) in [5.41, 5.74) is 0.174. The Kier molecular flexibility index (Phi) is 5.49. The van der Waals surface area contributed by atoms with Crippen LogP contribution in [0.15, 0.2) is 35.2 Å². The summed E-state index contributed by atoms with van der Waals surface area (Å²) < 4.78 is 0. The number of carbonyl (C=O) groups excluding carboxylic acids is 1. The lowest BCUT2D eigenvalue weighted by atomic mass is 9.96. The first-order valence-electron chi connectivity index (χ1n) is 7.24. The normalized spacial score (nSPS) is 17.4. The van der Waals surface area contributed by atoms with Crippen molar-refractivity contribution in [3.8, 4) is 0 Å². The van der Waals surface area contributed by atoms with Gasteiger partial charge in [-0.2, -0.15) is 0 Å². The zero-order valence-electron chi connectivity index (χ0n) is 12.4. The number of rotatable bonds is 6. The minimum absolute atomic E-state index is 0.131. The van der Waals surface area contributed by atoms with E-state index in [0.29, 0.717) is 5.75 Å². The Labute approximate surface area is 126 Å². The molecule has 1 saturated carbocycles. The van der Waals surface area contributed by atoms with E-state index in [4.69, 9.17) is 0 Å². The topological polar surface area (TPSA) is 32.3 Å². The predicted octanol–water partition coefficient (Wildman–Crippen LogP) is 2.77. The van der Waals surface area contributed by atoms with Crippen molar-refractivity contribution in [2.24, 2.45) is 0 Å². The van der Waals surface area contributed by atoms with Crippen LogP contribution in [0.4, 0.5) is 0 Å². The summed E-state index contributed by atoms with van der Waals surface area (Å²) in [7, 11) is 4.24. The Balaban J connectivity index is 1.77. The highest BCUT2D eigenvalue weighted by Crippen LogP contribution is 2.33. The van der Waals surface area contributed by atoms with E-state index < -0.39 is 0 Å². The van der Waals surface area contributed by atoms with E-state index in [1.807, 2.05) is 30.3 Å². The van der Waals surface area contributed by atoms with Crippen LogP contribution in [0.25, 0.3) is 0 Å². The van der Waals surface area contributed by atoms with Crippen LogP contribution in [0.1, 0.15) is 25.7 Å². The summed E-state index contributed by atoms with van der Waals surface area (Å²) in [4.78, 5) is 15.4. The second-order valence-electron chi connectivity index (χ2n) is 5.70. The number of benzene rings is 1. The Hall–Kier alpha value is -1.00. The fraction of sp³-hybridized carbons (Fsp3) is 0.562. The number of hydrogen-bond donors (Lipinski definition) is 1. The molecular weight excluding hydrogens is 268 g/mol. The Morgan fingerprint density at radius 3 is 2.50 bits per heavy atom. The van der Waals surface area contributed by atoms with Gasteiger partial charge in [0, 0.05) is 17.0 Å². The minimum atomic E-state index is 0.131. The Morgan fingerprint density at radius 2 is 1.90 bits per heavy atom. The zero-order chi connectivity index (χ0) is 14.4. The molecule has 0 atom stereocenters. The van der Waals surface area contributed by atoms with E-state index in [9.17, 15) is 4.79 Å². The number of hydrogen-bond acceptors (Lipinski definition) is 3. The van der Waals surface area contributed by atoms with Gasteiger partial charge in [0.25, 0.3) is 0 Å². The van der Waals surface area contributed by atoms with E-state index in [1.165, 1.54) is 25.7 Å². The Morgan fingerprint density at radius 1 is 1.25 bits per heavy atom. The maximum Gasteiger partial charge on any atom is 0.230 e. The zero-order valence-corrected chi connectivity index (χ0v) is 13.2. The average molecular weight is 292 g/mol. The molecular formula is C16H24N2OS. The van der Waals surface area contributed by atoms with Crippen LogP contribution in [-0.4, -0.2) is 42.7 Å². The molecule has 0 radical (unpaired) electrons. The summed E-state index contributed by atoms with van der Waals surface area (Å²) >= 11 is 1.59.